The number of nitrogens with one attached hydrogen (secondary N) is 2. The molecule has 6 nitrogen and oxygen atoms in total. The van der Waals surface area contributed by atoms with Crippen molar-refractivity contribution >= 4 is 34.7 Å². The molecule has 7 heteroatoms. The molecule has 3 aromatic rings. The van der Waals surface area contributed by atoms with Gasteiger partial charge in [-0.25, -0.2) is 9.97 Å². The Morgan fingerprint density at radius 3 is 2.48 bits per heavy atom. The zero-order valence-electron chi connectivity index (χ0n) is 15.2. The van der Waals surface area contributed by atoms with E-state index < -0.39 is 0 Å². The second-order valence-electron chi connectivity index (χ2n) is 5.95. The summed E-state index contributed by atoms with van der Waals surface area (Å²) in [5.74, 6) is 1.40. The smallest absolute Gasteiger partial charge is 0.274 e. The number of halogens is 1. The van der Waals surface area contributed by atoms with E-state index >= 15 is 0 Å². The number of carbonyl (C=O) groups excluding carboxylic acids is 1. The molecule has 3 rings (SSSR count). The van der Waals surface area contributed by atoms with Crippen LogP contribution in [-0.2, 0) is 0 Å². The van der Waals surface area contributed by atoms with Gasteiger partial charge < -0.3 is 15.4 Å². The number of hydrogen-bond acceptors (Lipinski definition) is 5. The number of amides is 1. The van der Waals surface area contributed by atoms with Gasteiger partial charge in [0.15, 0.2) is 0 Å². The summed E-state index contributed by atoms with van der Waals surface area (Å²) in [5, 5.41) is 6.63. The largest absolute Gasteiger partial charge is 0.497 e. The third-order valence-electron chi connectivity index (χ3n) is 3.88. The number of methoxy groups -OCH3 is 1. The van der Waals surface area contributed by atoms with Gasteiger partial charge in [0.05, 0.1) is 7.11 Å². The molecule has 0 fully saturated rings. The molecule has 0 aliphatic carbocycles. The predicted molar refractivity (Wildman–Crippen MR) is 107 cm³/mol. The van der Waals surface area contributed by atoms with Crippen molar-refractivity contribution in [3.05, 3.63) is 70.6 Å². The molecular weight excluding hydrogens is 364 g/mol. The van der Waals surface area contributed by atoms with E-state index in [1.807, 2.05) is 25.1 Å². The average Bonchev–Trinajstić information content (AvgIpc) is 2.65. The number of nitrogens with zero attached hydrogens (tertiary/aromatic N) is 2. The molecule has 0 aliphatic heterocycles. The monoisotopic (exact) mass is 382 g/mol. The van der Waals surface area contributed by atoms with Crippen molar-refractivity contribution in [2.45, 2.75) is 13.8 Å². The van der Waals surface area contributed by atoms with Gasteiger partial charge in [-0.15, -0.1) is 0 Å². The molecule has 1 heterocycles. The number of hydrogen-bond donors (Lipinski definition) is 2. The lowest BCUT2D eigenvalue weighted by Crippen LogP contribution is -2.15. The van der Waals surface area contributed by atoms with Crippen molar-refractivity contribution in [1.82, 2.24) is 9.97 Å². The van der Waals surface area contributed by atoms with Gasteiger partial charge in [-0.05, 0) is 55.8 Å². The van der Waals surface area contributed by atoms with Crippen molar-refractivity contribution in [2.24, 2.45) is 0 Å². The van der Waals surface area contributed by atoms with E-state index in [1.165, 1.54) is 0 Å². The highest BCUT2D eigenvalue weighted by Crippen LogP contribution is 2.24. The van der Waals surface area contributed by atoms with Gasteiger partial charge in [-0.3, -0.25) is 4.79 Å². The van der Waals surface area contributed by atoms with Crippen molar-refractivity contribution in [2.75, 3.05) is 17.7 Å². The number of ether oxygens (including phenoxy) is 1. The highest BCUT2D eigenvalue weighted by molar-refractivity contribution is 6.30. The second kappa shape index (κ2) is 8.05. The van der Waals surface area contributed by atoms with Crippen LogP contribution in [0.25, 0.3) is 0 Å². The molecule has 2 N–H and O–H groups in total. The second-order valence-corrected chi connectivity index (χ2v) is 6.39. The molecule has 0 bridgehead atoms. The topological polar surface area (TPSA) is 76.1 Å². The number of aryl methyl sites for hydroxylation is 2. The first kappa shape index (κ1) is 18.7. The van der Waals surface area contributed by atoms with Gasteiger partial charge in [-0.1, -0.05) is 17.7 Å². The Hall–Kier alpha value is -3.12. The van der Waals surface area contributed by atoms with Crippen molar-refractivity contribution in [3.63, 3.8) is 0 Å². The molecule has 1 amide bonds. The molecule has 0 aliphatic rings. The van der Waals surface area contributed by atoms with Gasteiger partial charge in [0.1, 0.15) is 23.1 Å². The van der Waals surface area contributed by atoms with E-state index in [-0.39, 0.29) is 11.6 Å². The first-order valence-corrected chi connectivity index (χ1v) is 8.66. The summed E-state index contributed by atoms with van der Waals surface area (Å²) in [6, 6.07) is 14.2. The first-order chi connectivity index (χ1) is 12.9. The molecule has 1 aromatic heterocycles. The SMILES string of the molecule is COc1ccc(NC(=O)c2cc(Nc3cc(Cl)ccc3C)nc(C)n2)cc1. The van der Waals surface area contributed by atoms with Gasteiger partial charge >= 0.3 is 0 Å². The maximum Gasteiger partial charge on any atom is 0.274 e. The molecule has 0 spiro atoms. The number of benzene rings is 2. The van der Waals surface area contributed by atoms with E-state index in [4.69, 9.17) is 16.3 Å². The zero-order valence-corrected chi connectivity index (χ0v) is 16.0. The van der Waals surface area contributed by atoms with Crippen LogP contribution in [0, 0.1) is 13.8 Å². The number of aromatic nitrogens is 2. The summed E-state index contributed by atoms with van der Waals surface area (Å²) < 4.78 is 5.11. The van der Waals surface area contributed by atoms with Crippen LogP contribution in [0.3, 0.4) is 0 Å². The summed E-state index contributed by atoms with van der Waals surface area (Å²) in [6.07, 6.45) is 0. The lowest BCUT2D eigenvalue weighted by atomic mass is 10.2. The van der Waals surface area contributed by atoms with Crippen molar-refractivity contribution in [3.8, 4) is 5.75 Å². The standard InChI is InChI=1S/C20H19ClN4O2/c1-12-4-5-14(21)10-17(12)25-19-11-18(22-13(2)23-19)20(26)24-15-6-8-16(27-3)9-7-15/h4-11H,1-3H3,(H,24,26)(H,22,23,25). The third-order valence-corrected chi connectivity index (χ3v) is 4.12. The fourth-order valence-electron chi connectivity index (χ4n) is 2.48. The molecule has 0 unspecified atom stereocenters. The first-order valence-electron chi connectivity index (χ1n) is 8.29. The van der Waals surface area contributed by atoms with Crippen molar-refractivity contribution in [1.29, 1.82) is 0 Å². The Morgan fingerprint density at radius 2 is 1.78 bits per heavy atom. The van der Waals surface area contributed by atoms with E-state index in [9.17, 15) is 4.79 Å². The van der Waals surface area contributed by atoms with Crippen LogP contribution in [0.5, 0.6) is 5.75 Å². The number of carbonyl (C=O) groups is 1. The molecule has 0 saturated heterocycles. The Balaban J connectivity index is 1.81. The molecule has 0 radical (unpaired) electrons. The minimum atomic E-state index is -0.323. The van der Waals surface area contributed by atoms with Crippen LogP contribution in [0.1, 0.15) is 21.9 Å². The highest BCUT2D eigenvalue weighted by atomic mass is 35.5. The molecule has 0 atom stereocenters. The van der Waals surface area contributed by atoms with Gasteiger partial charge in [0, 0.05) is 22.5 Å². The Bertz CT molecular complexity index is 974. The quantitative estimate of drug-likeness (QED) is 0.665. The predicted octanol–water partition coefficient (Wildman–Crippen LogP) is 4.75. The summed E-state index contributed by atoms with van der Waals surface area (Å²) in [5.41, 5.74) is 2.75. The Kier molecular flexibility index (Phi) is 5.57. The van der Waals surface area contributed by atoms with Crippen LogP contribution < -0.4 is 15.4 Å². The average molecular weight is 383 g/mol. The normalized spacial score (nSPS) is 10.4. The summed E-state index contributed by atoms with van der Waals surface area (Å²) >= 11 is 6.06. The van der Waals surface area contributed by atoms with Gasteiger partial charge in [0.2, 0.25) is 0 Å². The summed E-state index contributed by atoms with van der Waals surface area (Å²) in [6.45, 7) is 3.70. The fourth-order valence-corrected chi connectivity index (χ4v) is 2.66. The van der Waals surface area contributed by atoms with E-state index in [0.29, 0.717) is 28.1 Å². The van der Waals surface area contributed by atoms with Gasteiger partial charge in [-0.2, -0.15) is 0 Å². The lowest BCUT2D eigenvalue weighted by Gasteiger charge is -2.11. The number of rotatable bonds is 5. The van der Waals surface area contributed by atoms with E-state index in [0.717, 1.165) is 11.3 Å². The molecule has 0 saturated carbocycles. The number of anilines is 3. The molecule has 138 valence electrons. The minimum Gasteiger partial charge on any atom is -0.497 e. The molecule has 2 aromatic carbocycles. The van der Waals surface area contributed by atoms with Crippen LogP contribution in [0.2, 0.25) is 5.02 Å². The van der Waals surface area contributed by atoms with Crippen LogP contribution in [-0.4, -0.2) is 23.0 Å². The summed E-state index contributed by atoms with van der Waals surface area (Å²) in [7, 11) is 1.59. The maximum absolute atomic E-state index is 12.6. The van der Waals surface area contributed by atoms with Gasteiger partial charge in [0.25, 0.3) is 5.91 Å². The fraction of sp³-hybridized carbons (Fsp3) is 0.150. The van der Waals surface area contributed by atoms with Crippen LogP contribution >= 0.6 is 11.6 Å². The maximum atomic E-state index is 12.6. The minimum absolute atomic E-state index is 0.264. The van der Waals surface area contributed by atoms with E-state index in [2.05, 4.69) is 20.6 Å². The third kappa shape index (κ3) is 4.74. The lowest BCUT2D eigenvalue weighted by molar-refractivity contribution is 0.102. The molecule has 27 heavy (non-hydrogen) atoms. The zero-order chi connectivity index (χ0) is 19.4. The molecular formula is C20H19ClN4O2. The van der Waals surface area contributed by atoms with E-state index in [1.54, 1.807) is 44.4 Å². The summed E-state index contributed by atoms with van der Waals surface area (Å²) in [4.78, 5) is 21.1. The Morgan fingerprint density at radius 1 is 1.04 bits per heavy atom. The van der Waals surface area contributed by atoms with Crippen LogP contribution in [0.4, 0.5) is 17.2 Å². The van der Waals surface area contributed by atoms with Crippen LogP contribution in [0.15, 0.2) is 48.5 Å². The van der Waals surface area contributed by atoms with Crippen molar-refractivity contribution < 1.29 is 9.53 Å². The highest BCUT2D eigenvalue weighted by Gasteiger charge is 2.12. The Labute approximate surface area is 162 Å².